The molecule has 20 heavy (non-hydrogen) atoms. The molecule has 1 aromatic carbocycles. The molecule has 0 fully saturated rings. The van der Waals surface area contributed by atoms with Gasteiger partial charge in [0.2, 0.25) is 0 Å². The molecule has 0 saturated heterocycles. The zero-order valence-corrected chi connectivity index (χ0v) is 13.7. The number of hydrogen-bond donors (Lipinski definition) is 2. The molecule has 0 bridgehead atoms. The summed E-state index contributed by atoms with van der Waals surface area (Å²) in [6.07, 6.45) is 0. The molecule has 2 aromatic rings. The van der Waals surface area contributed by atoms with Crippen LogP contribution >= 0.6 is 38.9 Å². The van der Waals surface area contributed by atoms with Gasteiger partial charge < -0.3 is 5.11 Å². The third kappa shape index (κ3) is 3.32. The maximum absolute atomic E-state index is 13.1. The van der Waals surface area contributed by atoms with Gasteiger partial charge in [-0.2, -0.15) is 0 Å². The summed E-state index contributed by atoms with van der Waals surface area (Å²) >= 11 is 10.0. The van der Waals surface area contributed by atoms with E-state index in [1.54, 1.807) is 0 Å². The Hall–Kier alpha value is -0.670. The van der Waals surface area contributed by atoms with E-state index >= 15 is 0 Å². The predicted molar refractivity (Wildman–Crippen MR) is 80.2 cm³/mol. The van der Waals surface area contributed by atoms with Gasteiger partial charge in [-0.25, -0.2) is 12.8 Å². The van der Waals surface area contributed by atoms with Gasteiger partial charge in [-0.05, 0) is 40.2 Å². The van der Waals surface area contributed by atoms with Crippen molar-refractivity contribution in [2.45, 2.75) is 11.5 Å². The van der Waals surface area contributed by atoms with Crippen molar-refractivity contribution < 1.29 is 17.9 Å². The number of aliphatic hydroxyl groups is 1. The minimum atomic E-state index is -3.92. The van der Waals surface area contributed by atoms with Crippen molar-refractivity contribution in [2.75, 3.05) is 4.72 Å². The monoisotopic (exact) mass is 399 g/mol. The van der Waals surface area contributed by atoms with Gasteiger partial charge in [0.15, 0.2) is 0 Å². The molecule has 9 heteroatoms. The summed E-state index contributed by atoms with van der Waals surface area (Å²) in [4.78, 5) is 0.453. The first-order valence-electron chi connectivity index (χ1n) is 5.20. The van der Waals surface area contributed by atoms with Gasteiger partial charge in [0.1, 0.15) is 10.7 Å². The van der Waals surface area contributed by atoms with Crippen molar-refractivity contribution in [1.29, 1.82) is 0 Å². The van der Waals surface area contributed by atoms with Crippen molar-refractivity contribution in [3.8, 4) is 0 Å². The van der Waals surface area contributed by atoms with Crippen LogP contribution in [0, 0.1) is 5.82 Å². The number of anilines is 1. The molecule has 0 radical (unpaired) electrons. The molecule has 0 atom stereocenters. The molecule has 2 N–H and O–H groups in total. The molecule has 0 spiro atoms. The van der Waals surface area contributed by atoms with E-state index in [4.69, 9.17) is 16.7 Å². The van der Waals surface area contributed by atoms with Crippen LogP contribution < -0.4 is 4.72 Å². The summed E-state index contributed by atoms with van der Waals surface area (Å²) in [5.74, 6) is -0.604. The lowest BCUT2D eigenvalue weighted by Crippen LogP contribution is -2.13. The van der Waals surface area contributed by atoms with Gasteiger partial charge in [-0.3, -0.25) is 4.72 Å². The van der Waals surface area contributed by atoms with Crippen molar-refractivity contribution in [2.24, 2.45) is 0 Å². The number of halogens is 3. The van der Waals surface area contributed by atoms with E-state index in [0.717, 1.165) is 23.5 Å². The van der Waals surface area contributed by atoms with E-state index in [2.05, 4.69) is 20.7 Å². The van der Waals surface area contributed by atoms with Crippen molar-refractivity contribution in [3.63, 3.8) is 0 Å². The smallest absolute Gasteiger partial charge is 0.263 e. The highest BCUT2D eigenvalue weighted by molar-refractivity contribution is 9.11. The normalized spacial score (nSPS) is 11.6. The second-order valence-electron chi connectivity index (χ2n) is 3.74. The van der Waals surface area contributed by atoms with Crippen LogP contribution in [0.5, 0.6) is 0 Å². The fraction of sp³-hybridized carbons (Fsp3) is 0.0909. The molecule has 1 aromatic heterocycles. The Balaban J connectivity index is 2.40. The summed E-state index contributed by atoms with van der Waals surface area (Å²) in [5.41, 5.74) is -0.0460. The van der Waals surface area contributed by atoms with Crippen LogP contribution in [0.25, 0.3) is 0 Å². The van der Waals surface area contributed by atoms with Gasteiger partial charge >= 0.3 is 0 Å². The van der Waals surface area contributed by atoms with Gasteiger partial charge in [-0.15, -0.1) is 11.3 Å². The second-order valence-corrected chi connectivity index (χ2v) is 8.25. The summed E-state index contributed by atoms with van der Waals surface area (Å²) in [6, 6.07) is 4.72. The van der Waals surface area contributed by atoms with Crippen LogP contribution in [0.2, 0.25) is 5.02 Å². The highest BCUT2D eigenvalue weighted by Crippen LogP contribution is 2.34. The zero-order chi connectivity index (χ0) is 14.9. The molecular weight excluding hydrogens is 393 g/mol. The van der Waals surface area contributed by atoms with Crippen LogP contribution in [-0.2, 0) is 16.6 Å². The molecule has 0 aliphatic rings. The molecule has 1 heterocycles. The van der Waals surface area contributed by atoms with Crippen LogP contribution in [-0.4, -0.2) is 13.5 Å². The fourth-order valence-corrected chi connectivity index (χ4v) is 5.27. The molecule has 0 saturated carbocycles. The van der Waals surface area contributed by atoms with E-state index in [1.807, 2.05) is 0 Å². The minimum absolute atomic E-state index is 0.0353. The second kappa shape index (κ2) is 5.98. The molecule has 0 amide bonds. The van der Waals surface area contributed by atoms with E-state index in [-0.39, 0.29) is 22.2 Å². The van der Waals surface area contributed by atoms with Crippen LogP contribution in [0.1, 0.15) is 4.88 Å². The van der Waals surface area contributed by atoms with Crippen molar-refractivity contribution in [1.82, 2.24) is 0 Å². The van der Waals surface area contributed by atoms with E-state index in [9.17, 15) is 12.8 Å². The van der Waals surface area contributed by atoms with Gasteiger partial charge in [-0.1, -0.05) is 11.6 Å². The maximum atomic E-state index is 13.1. The van der Waals surface area contributed by atoms with Gasteiger partial charge in [0.05, 0.1) is 21.1 Å². The molecular formula is C11H8BrClFNO3S2. The molecule has 0 unspecified atom stereocenters. The maximum Gasteiger partial charge on any atom is 0.263 e. The Bertz CT molecular complexity index is 748. The first kappa shape index (κ1) is 15.7. The third-order valence-corrected chi connectivity index (χ3v) is 6.26. The zero-order valence-electron chi connectivity index (χ0n) is 9.73. The lowest BCUT2D eigenvalue weighted by Gasteiger charge is -2.08. The first-order chi connectivity index (χ1) is 9.33. The van der Waals surface area contributed by atoms with Gasteiger partial charge in [0.25, 0.3) is 10.0 Å². The number of nitrogens with one attached hydrogen (secondary N) is 1. The fourth-order valence-electron chi connectivity index (χ4n) is 1.43. The Morgan fingerprint density at radius 1 is 1.40 bits per heavy atom. The van der Waals surface area contributed by atoms with Crippen LogP contribution in [0.15, 0.2) is 32.9 Å². The highest BCUT2D eigenvalue weighted by Gasteiger charge is 2.22. The lowest BCUT2D eigenvalue weighted by atomic mass is 10.3. The van der Waals surface area contributed by atoms with Gasteiger partial charge in [0, 0.05) is 4.88 Å². The lowest BCUT2D eigenvalue weighted by molar-refractivity contribution is 0.285. The molecule has 4 nitrogen and oxygen atoms in total. The van der Waals surface area contributed by atoms with Crippen molar-refractivity contribution in [3.05, 3.63) is 43.8 Å². The number of thiophene rings is 1. The Labute approximate surface area is 132 Å². The topological polar surface area (TPSA) is 66.4 Å². The Kier molecular flexibility index (Phi) is 4.70. The number of benzene rings is 1. The molecule has 108 valence electrons. The SMILES string of the molecule is O=S(=O)(Nc1cc(F)ccc1Cl)c1cc(CO)sc1Br. The summed E-state index contributed by atoms with van der Waals surface area (Å²) in [6.45, 7) is -0.264. The third-order valence-electron chi connectivity index (χ3n) is 2.32. The number of sulfonamides is 1. The van der Waals surface area contributed by atoms with E-state index < -0.39 is 15.8 Å². The molecule has 0 aliphatic carbocycles. The highest BCUT2D eigenvalue weighted by atomic mass is 79.9. The van der Waals surface area contributed by atoms with E-state index in [1.165, 1.54) is 12.1 Å². The molecule has 0 aliphatic heterocycles. The number of hydrogen-bond acceptors (Lipinski definition) is 4. The van der Waals surface area contributed by atoms with Crippen LogP contribution in [0.3, 0.4) is 0 Å². The van der Waals surface area contributed by atoms with Crippen LogP contribution in [0.4, 0.5) is 10.1 Å². The number of aliphatic hydroxyl groups excluding tert-OH is 1. The summed E-state index contributed by atoms with van der Waals surface area (Å²) < 4.78 is 40.1. The average Bonchev–Trinajstić information content (AvgIpc) is 2.76. The number of rotatable bonds is 4. The summed E-state index contributed by atoms with van der Waals surface area (Å²) in [7, 11) is -3.92. The first-order valence-corrected chi connectivity index (χ1v) is 8.67. The summed E-state index contributed by atoms with van der Waals surface area (Å²) in [5, 5.41) is 9.10. The quantitative estimate of drug-likeness (QED) is 0.824. The predicted octanol–water partition coefficient (Wildman–Crippen LogP) is 3.60. The minimum Gasteiger partial charge on any atom is -0.391 e. The van der Waals surface area contributed by atoms with Crippen molar-refractivity contribution >= 4 is 54.6 Å². The Morgan fingerprint density at radius 3 is 2.70 bits per heavy atom. The van der Waals surface area contributed by atoms with E-state index in [0.29, 0.717) is 8.66 Å². The molecule has 2 rings (SSSR count). The average molecular weight is 401 g/mol. The Morgan fingerprint density at radius 2 is 2.10 bits per heavy atom. The largest absolute Gasteiger partial charge is 0.391 e. The standard InChI is InChI=1S/C11H8BrClFNO3S2/c12-11-10(4-7(5-16)19-11)20(17,18)15-9-3-6(14)1-2-8(9)13/h1-4,15-16H,5H2.